The number of carboxylic acid groups (broad SMARTS) is 1. The average Bonchev–Trinajstić information content (AvgIpc) is 2.38. The molecular formula is C13H23NO4. The molecule has 1 saturated heterocycles. The highest BCUT2D eigenvalue weighted by atomic mass is 16.5. The van der Waals surface area contributed by atoms with E-state index in [0.29, 0.717) is 13.2 Å². The number of nitrogens with one attached hydrogen (secondary N) is 1. The van der Waals surface area contributed by atoms with Crippen molar-refractivity contribution < 1.29 is 19.4 Å². The Morgan fingerprint density at radius 2 is 1.94 bits per heavy atom. The van der Waals surface area contributed by atoms with Gasteiger partial charge in [-0.2, -0.15) is 0 Å². The third kappa shape index (κ3) is 6.59. The quantitative estimate of drug-likeness (QED) is 0.649. The molecule has 0 aliphatic carbocycles. The lowest BCUT2D eigenvalue weighted by molar-refractivity contribution is -0.137. The van der Waals surface area contributed by atoms with Crippen LogP contribution in [0.15, 0.2) is 0 Å². The largest absolute Gasteiger partial charge is 0.481 e. The van der Waals surface area contributed by atoms with Crippen molar-refractivity contribution >= 4 is 11.9 Å². The zero-order valence-electron chi connectivity index (χ0n) is 10.8. The summed E-state index contributed by atoms with van der Waals surface area (Å²) in [6.45, 7) is 1.35. The van der Waals surface area contributed by atoms with Gasteiger partial charge in [0.25, 0.3) is 0 Å². The summed E-state index contributed by atoms with van der Waals surface area (Å²) >= 11 is 0. The minimum Gasteiger partial charge on any atom is -0.481 e. The lowest BCUT2D eigenvalue weighted by atomic mass is 10.1. The van der Waals surface area contributed by atoms with Crippen molar-refractivity contribution in [3.05, 3.63) is 0 Å². The van der Waals surface area contributed by atoms with Crippen LogP contribution in [-0.4, -0.2) is 36.2 Å². The fourth-order valence-corrected chi connectivity index (χ4v) is 2.03. The summed E-state index contributed by atoms with van der Waals surface area (Å²) in [5.41, 5.74) is 0. The predicted octanol–water partition coefficient (Wildman–Crippen LogP) is 1.71. The first kappa shape index (κ1) is 15.0. The van der Waals surface area contributed by atoms with Crippen LogP contribution < -0.4 is 5.32 Å². The van der Waals surface area contributed by atoms with Gasteiger partial charge in [-0.15, -0.1) is 0 Å². The Balaban J connectivity index is 1.93. The number of ether oxygens (including phenoxy) is 1. The van der Waals surface area contributed by atoms with Crippen LogP contribution in [0.4, 0.5) is 0 Å². The van der Waals surface area contributed by atoms with Crippen molar-refractivity contribution in [1.29, 1.82) is 0 Å². The highest BCUT2D eigenvalue weighted by molar-refractivity contribution is 5.80. The minimum atomic E-state index is -0.738. The summed E-state index contributed by atoms with van der Waals surface area (Å²) in [5, 5.41) is 11.3. The number of hydrogen-bond donors (Lipinski definition) is 2. The monoisotopic (exact) mass is 257 g/mol. The van der Waals surface area contributed by atoms with Crippen molar-refractivity contribution in [1.82, 2.24) is 5.32 Å². The van der Waals surface area contributed by atoms with Crippen molar-refractivity contribution in [3.63, 3.8) is 0 Å². The molecular weight excluding hydrogens is 234 g/mol. The summed E-state index contributed by atoms with van der Waals surface area (Å²) in [6.07, 6.45) is 6.40. The molecule has 1 aliphatic rings. The maximum atomic E-state index is 11.7. The van der Waals surface area contributed by atoms with E-state index in [-0.39, 0.29) is 18.4 Å². The lowest BCUT2D eigenvalue weighted by Gasteiger charge is -2.21. The first-order valence-corrected chi connectivity index (χ1v) is 6.81. The zero-order chi connectivity index (χ0) is 13.2. The topological polar surface area (TPSA) is 75.6 Å². The van der Waals surface area contributed by atoms with Crippen molar-refractivity contribution in [2.45, 2.75) is 57.5 Å². The van der Waals surface area contributed by atoms with Gasteiger partial charge >= 0.3 is 5.97 Å². The molecule has 1 aliphatic heterocycles. The van der Waals surface area contributed by atoms with Gasteiger partial charge in [-0.3, -0.25) is 9.59 Å². The Morgan fingerprint density at radius 3 is 2.61 bits per heavy atom. The van der Waals surface area contributed by atoms with E-state index >= 15 is 0 Å². The Kier molecular flexibility index (Phi) is 7.41. The number of carbonyl (C=O) groups excluding carboxylic acids is 1. The van der Waals surface area contributed by atoms with E-state index < -0.39 is 5.97 Å². The lowest BCUT2D eigenvalue weighted by Crippen LogP contribution is -2.38. The molecule has 18 heavy (non-hydrogen) atoms. The number of amides is 1. The van der Waals surface area contributed by atoms with Crippen LogP contribution in [0, 0.1) is 0 Å². The molecule has 1 fully saturated rings. The second-order valence-corrected chi connectivity index (χ2v) is 4.70. The van der Waals surface area contributed by atoms with E-state index in [0.717, 1.165) is 44.9 Å². The van der Waals surface area contributed by atoms with Gasteiger partial charge in [0.05, 0.1) is 0 Å². The first-order valence-electron chi connectivity index (χ1n) is 6.81. The summed E-state index contributed by atoms with van der Waals surface area (Å²) < 4.78 is 5.38. The summed E-state index contributed by atoms with van der Waals surface area (Å²) in [7, 11) is 0. The molecule has 1 rings (SSSR count). The molecule has 2 N–H and O–H groups in total. The van der Waals surface area contributed by atoms with E-state index in [9.17, 15) is 9.59 Å². The molecule has 0 saturated carbocycles. The number of hydrogen-bond acceptors (Lipinski definition) is 3. The SMILES string of the molecule is O=C(O)CCCCCCNC(=O)C1CCCCO1. The Morgan fingerprint density at radius 1 is 1.17 bits per heavy atom. The molecule has 1 unspecified atom stereocenters. The minimum absolute atomic E-state index is 0.000218. The summed E-state index contributed by atoms with van der Waals surface area (Å²) in [6, 6.07) is 0. The van der Waals surface area contributed by atoms with Gasteiger partial charge in [0.2, 0.25) is 5.91 Å². The molecule has 0 radical (unpaired) electrons. The van der Waals surface area contributed by atoms with Gasteiger partial charge < -0.3 is 15.2 Å². The molecule has 0 aromatic heterocycles. The van der Waals surface area contributed by atoms with E-state index in [1.807, 2.05) is 0 Å². The van der Waals surface area contributed by atoms with Gasteiger partial charge in [-0.1, -0.05) is 12.8 Å². The highest BCUT2D eigenvalue weighted by Gasteiger charge is 2.20. The molecule has 104 valence electrons. The van der Waals surface area contributed by atoms with Gasteiger partial charge in [0, 0.05) is 19.6 Å². The second-order valence-electron chi connectivity index (χ2n) is 4.70. The van der Waals surface area contributed by atoms with Gasteiger partial charge in [0.15, 0.2) is 0 Å². The van der Waals surface area contributed by atoms with E-state index in [2.05, 4.69) is 5.32 Å². The van der Waals surface area contributed by atoms with E-state index in [1.165, 1.54) is 0 Å². The van der Waals surface area contributed by atoms with E-state index in [4.69, 9.17) is 9.84 Å². The smallest absolute Gasteiger partial charge is 0.303 e. The molecule has 5 nitrogen and oxygen atoms in total. The highest BCUT2D eigenvalue weighted by Crippen LogP contribution is 2.12. The fraction of sp³-hybridized carbons (Fsp3) is 0.846. The zero-order valence-corrected chi connectivity index (χ0v) is 10.8. The van der Waals surface area contributed by atoms with Crippen LogP contribution >= 0.6 is 0 Å². The summed E-state index contributed by atoms with van der Waals surface area (Å²) in [5.74, 6) is -0.738. The molecule has 0 aromatic rings. The van der Waals surface area contributed by atoms with Crippen LogP contribution in [0.3, 0.4) is 0 Å². The van der Waals surface area contributed by atoms with Crippen molar-refractivity contribution in [2.75, 3.05) is 13.2 Å². The van der Waals surface area contributed by atoms with Crippen LogP contribution in [0.2, 0.25) is 0 Å². The molecule has 0 spiro atoms. The molecule has 0 bridgehead atoms. The van der Waals surface area contributed by atoms with Crippen LogP contribution in [0.1, 0.15) is 51.4 Å². The third-order valence-electron chi connectivity index (χ3n) is 3.09. The van der Waals surface area contributed by atoms with Crippen LogP contribution in [0.25, 0.3) is 0 Å². The Labute approximate surface area is 108 Å². The number of rotatable bonds is 8. The molecule has 5 heteroatoms. The molecule has 1 atom stereocenters. The second kappa shape index (κ2) is 8.91. The molecule has 0 aromatic carbocycles. The normalized spacial score (nSPS) is 19.4. The average molecular weight is 257 g/mol. The van der Waals surface area contributed by atoms with Crippen molar-refractivity contribution in [3.8, 4) is 0 Å². The predicted molar refractivity (Wildman–Crippen MR) is 67.3 cm³/mol. The molecule has 1 heterocycles. The maximum Gasteiger partial charge on any atom is 0.303 e. The van der Waals surface area contributed by atoms with Crippen molar-refractivity contribution in [2.24, 2.45) is 0 Å². The van der Waals surface area contributed by atoms with Gasteiger partial charge in [-0.25, -0.2) is 0 Å². The maximum absolute atomic E-state index is 11.7. The summed E-state index contributed by atoms with van der Waals surface area (Å²) in [4.78, 5) is 21.9. The van der Waals surface area contributed by atoms with Crippen LogP contribution in [0.5, 0.6) is 0 Å². The number of unbranched alkanes of at least 4 members (excludes halogenated alkanes) is 3. The van der Waals surface area contributed by atoms with Gasteiger partial charge in [-0.05, 0) is 32.1 Å². The number of aliphatic carboxylic acids is 1. The number of carbonyl (C=O) groups is 2. The first-order chi connectivity index (χ1) is 8.70. The van der Waals surface area contributed by atoms with E-state index in [1.54, 1.807) is 0 Å². The third-order valence-corrected chi connectivity index (χ3v) is 3.09. The fourth-order valence-electron chi connectivity index (χ4n) is 2.03. The Hall–Kier alpha value is -1.10. The van der Waals surface area contributed by atoms with Gasteiger partial charge in [0.1, 0.15) is 6.10 Å². The standard InChI is InChI=1S/C13H23NO4/c15-12(16)8-3-1-2-5-9-14-13(17)11-7-4-6-10-18-11/h11H,1-10H2,(H,14,17)(H,15,16). The Bertz CT molecular complexity index is 262. The molecule has 1 amide bonds. The number of carboxylic acids is 1. The van der Waals surface area contributed by atoms with Crippen LogP contribution in [-0.2, 0) is 14.3 Å².